The monoisotopic (exact) mass is 280 g/mol. The number of rotatable bonds is 8. The first-order valence-corrected chi connectivity index (χ1v) is 7.20. The van der Waals surface area contributed by atoms with Gasteiger partial charge in [-0.25, -0.2) is 0 Å². The third kappa shape index (κ3) is 3.69. The van der Waals surface area contributed by atoms with Gasteiger partial charge in [0.05, 0.1) is 18.8 Å². The normalized spacial score (nSPS) is 15.9. The molecule has 20 heavy (non-hydrogen) atoms. The molecule has 2 atom stereocenters. The number of hydrogen-bond donors (Lipinski definition) is 2. The molecule has 1 aromatic heterocycles. The number of nitrogens with zero attached hydrogens (tertiary/aromatic N) is 2. The van der Waals surface area contributed by atoms with Gasteiger partial charge in [-0.15, -0.1) is 0 Å². The van der Waals surface area contributed by atoms with E-state index in [2.05, 4.69) is 50.2 Å². The summed E-state index contributed by atoms with van der Waals surface area (Å²) >= 11 is 0. The van der Waals surface area contributed by atoms with Crippen molar-refractivity contribution in [2.24, 2.45) is 5.84 Å². The van der Waals surface area contributed by atoms with E-state index in [0.29, 0.717) is 6.61 Å². The fraction of sp³-hybridized carbons (Fsp3) is 0.667. The first kappa shape index (κ1) is 16.9. The quantitative estimate of drug-likeness (QED) is 0.564. The summed E-state index contributed by atoms with van der Waals surface area (Å²) in [5.74, 6) is 6.60. The molecule has 3 N–H and O–H groups in total. The zero-order chi connectivity index (χ0) is 15.2. The summed E-state index contributed by atoms with van der Waals surface area (Å²) in [7, 11) is 4.14. The number of aromatic nitrogens is 1. The van der Waals surface area contributed by atoms with Crippen LogP contribution in [-0.4, -0.2) is 36.1 Å². The van der Waals surface area contributed by atoms with Gasteiger partial charge in [0.1, 0.15) is 5.75 Å². The van der Waals surface area contributed by atoms with Gasteiger partial charge in [0.2, 0.25) is 0 Å². The van der Waals surface area contributed by atoms with Crippen molar-refractivity contribution in [3.8, 4) is 5.75 Å². The average Bonchev–Trinajstić information content (AvgIpc) is 2.45. The first-order chi connectivity index (χ1) is 9.49. The van der Waals surface area contributed by atoms with Crippen molar-refractivity contribution in [2.45, 2.75) is 45.2 Å². The molecule has 0 amide bonds. The third-order valence-electron chi connectivity index (χ3n) is 4.07. The van der Waals surface area contributed by atoms with Crippen molar-refractivity contribution in [3.05, 3.63) is 24.0 Å². The van der Waals surface area contributed by atoms with Gasteiger partial charge in [0.25, 0.3) is 0 Å². The zero-order valence-corrected chi connectivity index (χ0v) is 13.3. The van der Waals surface area contributed by atoms with E-state index in [0.717, 1.165) is 24.2 Å². The van der Waals surface area contributed by atoms with E-state index in [4.69, 9.17) is 10.6 Å². The molecule has 0 aliphatic carbocycles. The molecule has 1 rings (SSSR count). The SMILES string of the molecule is CCCOc1cncc(C(NN)C(C)(CC)N(C)C)c1. The highest BCUT2D eigenvalue weighted by molar-refractivity contribution is 5.28. The Labute approximate surface area is 122 Å². The summed E-state index contributed by atoms with van der Waals surface area (Å²) in [6.07, 6.45) is 5.54. The second kappa shape index (κ2) is 7.57. The van der Waals surface area contributed by atoms with Gasteiger partial charge in [-0.1, -0.05) is 13.8 Å². The second-order valence-electron chi connectivity index (χ2n) is 5.51. The summed E-state index contributed by atoms with van der Waals surface area (Å²) < 4.78 is 5.65. The molecule has 0 saturated carbocycles. The molecule has 0 aliphatic rings. The van der Waals surface area contributed by atoms with Crippen molar-refractivity contribution in [1.29, 1.82) is 0 Å². The van der Waals surface area contributed by atoms with E-state index in [1.165, 1.54) is 0 Å². The van der Waals surface area contributed by atoms with Crippen LogP contribution >= 0.6 is 0 Å². The molecule has 0 aliphatic heterocycles. The summed E-state index contributed by atoms with van der Waals surface area (Å²) in [4.78, 5) is 6.47. The lowest BCUT2D eigenvalue weighted by atomic mass is 9.84. The van der Waals surface area contributed by atoms with E-state index < -0.39 is 0 Å². The van der Waals surface area contributed by atoms with Crippen molar-refractivity contribution in [2.75, 3.05) is 20.7 Å². The third-order valence-corrected chi connectivity index (χ3v) is 4.07. The maximum atomic E-state index is 5.81. The highest BCUT2D eigenvalue weighted by atomic mass is 16.5. The minimum absolute atomic E-state index is 0.0137. The highest BCUT2D eigenvalue weighted by Crippen LogP contribution is 2.33. The number of ether oxygens (including phenoxy) is 1. The Hall–Kier alpha value is -1.17. The van der Waals surface area contributed by atoms with Gasteiger partial charge in [0, 0.05) is 11.7 Å². The van der Waals surface area contributed by atoms with Crippen LogP contribution in [-0.2, 0) is 0 Å². The average molecular weight is 280 g/mol. The van der Waals surface area contributed by atoms with Crippen molar-refractivity contribution in [1.82, 2.24) is 15.3 Å². The van der Waals surface area contributed by atoms with Crippen LogP contribution < -0.4 is 16.0 Å². The standard InChI is InChI=1S/C15H28N4O/c1-6-8-20-13-9-12(10-17-11-13)14(18-16)15(3,7-2)19(4)5/h9-11,14,18H,6-8,16H2,1-5H3. The van der Waals surface area contributed by atoms with Crippen LogP contribution in [0.2, 0.25) is 0 Å². The van der Waals surface area contributed by atoms with Crippen LogP contribution in [0.4, 0.5) is 0 Å². The summed E-state index contributed by atoms with van der Waals surface area (Å²) in [5, 5.41) is 0. The van der Waals surface area contributed by atoms with Gasteiger partial charge >= 0.3 is 0 Å². The maximum Gasteiger partial charge on any atom is 0.137 e. The van der Waals surface area contributed by atoms with Gasteiger partial charge in [-0.3, -0.25) is 16.3 Å². The molecule has 0 fully saturated rings. The Kier molecular flexibility index (Phi) is 6.39. The predicted molar refractivity (Wildman–Crippen MR) is 82.5 cm³/mol. The number of nitrogens with two attached hydrogens (primary N) is 1. The van der Waals surface area contributed by atoms with Gasteiger partial charge in [-0.05, 0) is 45.5 Å². The Morgan fingerprint density at radius 1 is 1.40 bits per heavy atom. The summed E-state index contributed by atoms with van der Waals surface area (Å²) in [5.41, 5.74) is 3.88. The molecule has 0 radical (unpaired) electrons. The molecule has 114 valence electrons. The Balaban J connectivity index is 3.05. The summed E-state index contributed by atoms with van der Waals surface area (Å²) in [6, 6.07) is 2.00. The molecule has 2 unspecified atom stereocenters. The van der Waals surface area contributed by atoms with Gasteiger partial charge < -0.3 is 9.64 Å². The van der Waals surface area contributed by atoms with Crippen LogP contribution in [0, 0.1) is 0 Å². The zero-order valence-electron chi connectivity index (χ0n) is 13.3. The van der Waals surface area contributed by atoms with Crippen LogP contribution in [0.25, 0.3) is 0 Å². The van der Waals surface area contributed by atoms with E-state index in [9.17, 15) is 0 Å². The lowest BCUT2D eigenvalue weighted by Crippen LogP contribution is -2.53. The molecule has 0 saturated heterocycles. The van der Waals surface area contributed by atoms with Crippen molar-refractivity contribution in [3.63, 3.8) is 0 Å². The molecule has 1 aromatic rings. The lowest BCUT2D eigenvalue weighted by Gasteiger charge is -2.42. The fourth-order valence-corrected chi connectivity index (χ4v) is 2.31. The first-order valence-electron chi connectivity index (χ1n) is 7.20. The minimum atomic E-state index is -0.0974. The largest absolute Gasteiger partial charge is 0.492 e. The van der Waals surface area contributed by atoms with Crippen LogP contribution in [0.15, 0.2) is 18.5 Å². The molecule has 0 spiro atoms. The molecular weight excluding hydrogens is 252 g/mol. The van der Waals surface area contributed by atoms with Gasteiger partial charge in [0.15, 0.2) is 0 Å². The van der Waals surface area contributed by atoms with Crippen molar-refractivity contribution >= 4 is 0 Å². The van der Waals surface area contributed by atoms with E-state index >= 15 is 0 Å². The Morgan fingerprint density at radius 2 is 2.10 bits per heavy atom. The number of nitrogens with one attached hydrogen (secondary N) is 1. The van der Waals surface area contributed by atoms with Crippen molar-refractivity contribution < 1.29 is 4.74 Å². The van der Waals surface area contributed by atoms with Gasteiger partial charge in [-0.2, -0.15) is 0 Å². The Morgan fingerprint density at radius 3 is 2.60 bits per heavy atom. The molecule has 1 heterocycles. The smallest absolute Gasteiger partial charge is 0.137 e. The maximum absolute atomic E-state index is 5.81. The summed E-state index contributed by atoms with van der Waals surface area (Å²) in [6.45, 7) is 7.14. The highest BCUT2D eigenvalue weighted by Gasteiger charge is 2.35. The number of likely N-dealkylation sites (N-methyl/N-ethyl adjacent to an activating group) is 1. The topological polar surface area (TPSA) is 63.4 Å². The molecule has 5 nitrogen and oxygen atoms in total. The Bertz CT molecular complexity index is 411. The number of pyridine rings is 1. The molecule has 0 bridgehead atoms. The number of hydrazine groups is 1. The molecule has 5 heteroatoms. The van der Waals surface area contributed by atoms with Crippen LogP contribution in [0.5, 0.6) is 5.75 Å². The lowest BCUT2D eigenvalue weighted by molar-refractivity contribution is 0.112. The van der Waals surface area contributed by atoms with E-state index in [1.54, 1.807) is 6.20 Å². The predicted octanol–water partition coefficient (Wildman–Crippen LogP) is 2.11. The number of hydrogen-bond acceptors (Lipinski definition) is 5. The van der Waals surface area contributed by atoms with E-state index in [1.807, 2.05) is 12.3 Å². The molecular formula is C15H28N4O. The molecule has 0 aromatic carbocycles. The van der Waals surface area contributed by atoms with Crippen LogP contribution in [0.1, 0.15) is 45.2 Å². The van der Waals surface area contributed by atoms with Crippen LogP contribution in [0.3, 0.4) is 0 Å². The fourth-order valence-electron chi connectivity index (χ4n) is 2.31. The minimum Gasteiger partial charge on any atom is -0.492 e. The second-order valence-corrected chi connectivity index (χ2v) is 5.51. The van der Waals surface area contributed by atoms with E-state index in [-0.39, 0.29) is 11.6 Å².